The van der Waals surface area contributed by atoms with Crippen LogP contribution in [0.1, 0.15) is 33.1 Å². The number of urea groups is 1. The first-order chi connectivity index (χ1) is 8.09. The minimum atomic E-state index is 0.235. The number of amides is 2. The molecule has 2 fully saturated rings. The molecule has 98 valence electrons. The number of piperidine rings is 1. The highest BCUT2D eigenvalue weighted by atomic mass is 16.2. The average Bonchev–Trinajstić information content (AvgIpc) is 2.33. The summed E-state index contributed by atoms with van der Waals surface area (Å²) in [5.41, 5.74) is 0. The Labute approximate surface area is 105 Å². The van der Waals surface area contributed by atoms with Crippen LogP contribution in [-0.2, 0) is 0 Å². The minimum absolute atomic E-state index is 0.235. The summed E-state index contributed by atoms with van der Waals surface area (Å²) >= 11 is 0. The van der Waals surface area contributed by atoms with Crippen molar-refractivity contribution in [2.75, 3.05) is 33.2 Å². The fraction of sp³-hybridized carbons (Fsp3) is 0.923. The Kier molecular flexibility index (Phi) is 3.92. The highest BCUT2D eigenvalue weighted by Crippen LogP contribution is 2.21. The lowest BCUT2D eigenvalue weighted by Crippen LogP contribution is -2.55. The third-order valence-corrected chi connectivity index (χ3v) is 4.13. The molecule has 0 bridgehead atoms. The summed E-state index contributed by atoms with van der Waals surface area (Å²) in [6.45, 7) is 8.64. The first-order valence-corrected chi connectivity index (χ1v) is 6.85. The fourth-order valence-electron chi connectivity index (χ4n) is 2.94. The van der Waals surface area contributed by atoms with E-state index in [1.54, 1.807) is 0 Å². The zero-order valence-corrected chi connectivity index (χ0v) is 11.4. The van der Waals surface area contributed by atoms with Crippen LogP contribution in [0.2, 0.25) is 0 Å². The molecule has 4 nitrogen and oxygen atoms in total. The second-order valence-electron chi connectivity index (χ2n) is 5.61. The first-order valence-electron chi connectivity index (χ1n) is 6.85. The molecule has 0 unspecified atom stereocenters. The van der Waals surface area contributed by atoms with Gasteiger partial charge < -0.3 is 14.7 Å². The number of hydrogen-bond acceptors (Lipinski definition) is 2. The lowest BCUT2D eigenvalue weighted by Gasteiger charge is -2.43. The molecule has 2 aliphatic heterocycles. The first kappa shape index (κ1) is 12.7. The summed E-state index contributed by atoms with van der Waals surface area (Å²) in [5, 5.41) is 0. The number of hydrogen-bond donors (Lipinski definition) is 0. The Morgan fingerprint density at radius 1 is 1.12 bits per heavy atom. The normalized spacial score (nSPS) is 24.8. The Balaban J connectivity index is 1.89. The van der Waals surface area contributed by atoms with Crippen molar-refractivity contribution < 1.29 is 4.79 Å². The van der Waals surface area contributed by atoms with E-state index >= 15 is 0 Å². The lowest BCUT2D eigenvalue weighted by atomic mass is 10.0. The van der Waals surface area contributed by atoms with Gasteiger partial charge in [-0.3, -0.25) is 0 Å². The van der Waals surface area contributed by atoms with Gasteiger partial charge in [0.1, 0.15) is 0 Å². The molecule has 2 amide bonds. The molecule has 2 heterocycles. The van der Waals surface area contributed by atoms with Gasteiger partial charge in [-0.15, -0.1) is 0 Å². The maximum Gasteiger partial charge on any atom is 0.319 e. The van der Waals surface area contributed by atoms with Crippen molar-refractivity contribution in [3.05, 3.63) is 0 Å². The highest BCUT2D eigenvalue weighted by molar-refractivity contribution is 5.75. The van der Waals surface area contributed by atoms with E-state index in [1.807, 2.05) is 11.9 Å². The van der Waals surface area contributed by atoms with Crippen molar-refractivity contribution in [3.8, 4) is 0 Å². The quantitative estimate of drug-likeness (QED) is 0.732. The largest absolute Gasteiger partial charge is 0.328 e. The molecule has 2 aliphatic rings. The Bertz CT molecular complexity index is 272. The molecule has 0 aromatic carbocycles. The van der Waals surface area contributed by atoms with Crippen LogP contribution in [0, 0.1) is 0 Å². The topological polar surface area (TPSA) is 26.8 Å². The molecule has 0 aromatic rings. The molecule has 0 aliphatic carbocycles. The smallest absolute Gasteiger partial charge is 0.319 e. The third-order valence-electron chi connectivity index (χ3n) is 4.13. The second-order valence-corrected chi connectivity index (χ2v) is 5.61. The van der Waals surface area contributed by atoms with Crippen molar-refractivity contribution in [3.63, 3.8) is 0 Å². The molecule has 2 saturated heterocycles. The molecule has 2 rings (SSSR count). The van der Waals surface area contributed by atoms with Gasteiger partial charge in [0.15, 0.2) is 0 Å². The van der Waals surface area contributed by atoms with Crippen molar-refractivity contribution >= 4 is 6.03 Å². The monoisotopic (exact) mass is 239 g/mol. The summed E-state index contributed by atoms with van der Waals surface area (Å²) in [6, 6.07) is 1.34. The summed E-state index contributed by atoms with van der Waals surface area (Å²) < 4.78 is 0. The average molecular weight is 239 g/mol. The zero-order chi connectivity index (χ0) is 12.4. The van der Waals surface area contributed by atoms with Crippen LogP contribution in [0.25, 0.3) is 0 Å². The van der Waals surface area contributed by atoms with E-state index in [4.69, 9.17) is 0 Å². The van der Waals surface area contributed by atoms with Crippen LogP contribution in [0.15, 0.2) is 0 Å². The molecule has 17 heavy (non-hydrogen) atoms. The van der Waals surface area contributed by atoms with Crippen molar-refractivity contribution in [1.82, 2.24) is 14.7 Å². The van der Waals surface area contributed by atoms with E-state index in [9.17, 15) is 4.79 Å². The van der Waals surface area contributed by atoms with Crippen molar-refractivity contribution in [2.24, 2.45) is 0 Å². The predicted molar refractivity (Wildman–Crippen MR) is 69.1 cm³/mol. The number of likely N-dealkylation sites (tertiary alicyclic amines) is 1. The van der Waals surface area contributed by atoms with E-state index in [-0.39, 0.29) is 6.03 Å². The fourth-order valence-corrected chi connectivity index (χ4v) is 2.94. The van der Waals surface area contributed by atoms with Gasteiger partial charge in [-0.2, -0.15) is 0 Å². The molecule has 4 heteroatoms. The van der Waals surface area contributed by atoms with Gasteiger partial charge in [-0.25, -0.2) is 4.79 Å². The van der Waals surface area contributed by atoms with E-state index in [1.165, 1.54) is 0 Å². The maximum absolute atomic E-state index is 12.1. The number of carbonyl (C=O) groups is 1. The van der Waals surface area contributed by atoms with Crippen LogP contribution < -0.4 is 0 Å². The van der Waals surface area contributed by atoms with Crippen LogP contribution in [0.4, 0.5) is 4.79 Å². The molecular formula is C13H25N3O. The van der Waals surface area contributed by atoms with Crippen molar-refractivity contribution in [2.45, 2.75) is 45.2 Å². The van der Waals surface area contributed by atoms with Gasteiger partial charge >= 0.3 is 6.03 Å². The Hall–Kier alpha value is -0.770. The second kappa shape index (κ2) is 5.25. The Morgan fingerprint density at radius 3 is 2.35 bits per heavy atom. The van der Waals surface area contributed by atoms with Gasteiger partial charge in [-0.05, 0) is 33.1 Å². The minimum Gasteiger partial charge on any atom is -0.328 e. The molecule has 0 N–H and O–H groups in total. The van der Waals surface area contributed by atoms with Gasteiger partial charge in [0, 0.05) is 45.3 Å². The maximum atomic E-state index is 12.1. The molecular weight excluding hydrogens is 214 g/mol. The van der Waals surface area contributed by atoms with E-state index in [2.05, 4.69) is 23.6 Å². The van der Waals surface area contributed by atoms with Gasteiger partial charge in [0.25, 0.3) is 0 Å². The molecule has 0 saturated carbocycles. The SMILES string of the molecule is CC(C)N1CCC(N2CCCN(C)C2=O)CC1. The predicted octanol–water partition coefficient (Wildman–Crippen LogP) is 1.62. The van der Waals surface area contributed by atoms with Crippen LogP contribution in [-0.4, -0.2) is 66.0 Å². The number of rotatable bonds is 2. The molecule has 0 radical (unpaired) electrons. The van der Waals surface area contributed by atoms with Crippen LogP contribution in [0.3, 0.4) is 0 Å². The molecule has 0 aromatic heterocycles. The van der Waals surface area contributed by atoms with E-state index in [0.717, 1.165) is 45.4 Å². The van der Waals surface area contributed by atoms with Gasteiger partial charge in [0.05, 0.1) is 0 Å². The summed E-state index contributed by atoms with van der Waals surface area (Å²) in [7, 11) is 1.91. The Morgan fingerprint density at radius 2 is 1.76 bits per heavy atom. The van der Waals surface area contributed by atoms with Crippen LogP contribution in [0.5, 0.6) is 0 Å². The molecule has 0 atom stereocenters. The van der Waals surface area contributed by atoms with E-state index in [0.29, 0.717) is 12.1 Å². The van der Waals surface area contributed by atoms with Crippen LogP contribution >= 0.6 is 0 Å². The van der Waals surface area contributed by atoms with Gasteiger partial charge in [-0.1, -0.05) is 0 Å². The number of carbonyl (C=O) groups excluding carboxylic acids is 1. The summed E-state index contributed by atoms with van der Waals surface area (Å²) in [4.78, 5) is 18.5. The summed E-state index contributed by atoms with van der Waals surface area (Å²) in [6.07, 6.45) is 3.39. The van der Waals surface area contributed by atoms with Gasteiger partial charge in [0.2, 0.25) is 0 Å². The summed E-state index contributed by atoms with van der Waals surface area (Å²) in [5.74, 6) is 0. The highest BCUT2D eigenvalue weighted by Gasteiger charge is 2.31. The molecule has 0 spiro atoms. The lowest BCUT2D eigenvalue weighted by molar-refractivity contribution is 0.0767. The van der Waals surface area contributed by atoms with Crippen molar-refractivity contribution in [1.29, 1.82) is 0 Å². The zero-order valence-electron chi connectivity index (χ0n) is 11.4. The standard InChI is InChI=1S/C13H25N3O/c1-11(2)15-9-5-12(6-10-15)16-8-4-7-14(3)13(16)17/h11-12H,4-10H2,1-3H3. The van der Waals surface area contributed by atoms with E-state index < -0.39 is 0 Å². The number of nitrogens with zero attached hydrogens (tertiary/aromatic N) is 3. The third kappa shape index (κ3) is 2.73.